The van der Waals surface area contributed by atoms with E-state index in [-0.39, 0.29) is 12.1 Å². The van der Waals surface area contributed by atoms with E-state index in [1.54, 1.807) is 0 Å². The predicted octanol–water partition coefficient (Wildman–Crippen LogP) is 2.21. The fraction of sp³-hybridized carbons (Fsp3) is 0.625. The number of hydrogen-bond acceptors (Lipinski definition) is 4. The Morgan fingerprint density at radius 2 is 2.00 bits per heavy atom. The lowest BCUT2D eigenvalue weighted by molar-refractivity contribution is -0.182. The molecule has 0 radical (unpaired) electrons. The molecule has 2 aliphatic rings. The van der Waals surface area contributed by atoms with Crippen molar-refractivity contribution in [1.82, 2.24) is 0 Å². The minimum absolute atomic E-state index is 0.0231. The van der Waals surface area contributed by atoms with Crippen molar-refractivity contribution in [3.05, 3.63) is 35.9 Å². The summed E-state index contributed by atoms with van der Waals surface area (Å²) >= 11 is 0. The molecule has 1 aromatic rings. The number of rotatable bonds is 4. The second-order valence-electron chi connectivity index (χ2n) is 6.23. The van der Waals surface area contributed by atoms with Crippen LogP contribution in [-0.4, -0.2) is 30.1 Å². The SMILES string of the molecule is CC1(C)O[C@H]2CC[C@H](N)[C@@]2(COCc2ccccc2)O1. The molecular weight excluding hydrogens is 254 g/mol. The molecule has 1 saturated heterocycles. The van der Waals surface area contributed by atoms with Gasteiger partial charge in [-0.1, -0.05) is 30.3 Å². The van der Waals surface area contributed by atoms with E-state index in [0.29, 0.717) is 13.2 Å². The molecule has 4 heteroatoms. The van der Waals surface area contributed by atoms with Crippen LogP contribution in [0.5, 0.6) is 0 Å². The van der Waals surface area contributed by atoms with Crippen LogP contribution in [0.4, 0.5) is 0 Å². The number of ether oxygens (including phenoxy) is 3. The topological polar surface area (TPSA) is 53.7 Å². The molecule has 4 nitrogen and oxygen atoms in total. The molecule has 0 unspecified atom stereocenters. The summed E-state index contributed by atoms with van der Waals surface area (Å²) in [7, 11) is 0. The minimum Gasteiger partial charge on any atom is -0.374 e. The summed E-state index contributed by atoms with van der Waals surface area (Å²) in [6.45, 7) is 4.94. The van der Waals surface area contributed by atoms with Gasteiger partial charge in [0.25, 0.3) is 0 Å². The zero-order valence-electron chi connectivity index (χ0n) is 12.2. The summed E-state index contributed by atoms with van der Waals surface area (Å²) in [5.41, 5.74) is 6.94. The molecule has 3 atom stereocenters. The van der Waals surface area contributed by atoms with Crippen molar-refractivity contribution in [2.24, 2.45) is 5.73 Å². The van der Waals surface area contributed by atoms with Crippen LogP contribution >= 0.6 is 0 Å². The summed E-state index contributed by atoms with van der Waals surface area (Å²) in [6, 6.07) is 10.1. The highest BCUT2D eigenvalue weighted by Crippen LogP contribution is 2.46. The first kappa shape index (κ1) is 14.0. The summed E-state index contributed by atoms with van der Waals surface area (Å²) in [4.78, 5) is 0. The van der Waals surface area contributed by atoms with Gasteiger partial charge in [-0.05, 0) is 32.3 Å². The summed E-state index contributed by atoms with van der Waals surface area (Å²) in [5, 5.41) is 0. The van der Waals surface area contributed by atoms with Crippen LogP contribution in [0.3, 0.4) is 0 Å². The molecule has 1 aromatic carbocycles. The van der Waals surface area contributed by atoms with Gasteiger partial charge in [-0.3, -0.25) is 0 Å². The van der Waals surface area contributed by atoms with Crippen LogP contribution in [0.15, 0.2) is 30.3 Å². The quantitative estimate of drug-likeness (QED) is 0.917. The molecule has 2 N–H and O–H groups in total. The van der Waals surface area contributed by atoms with E-state index in [9.17, 15) is 0 Å². The van der Waals surface area contributed by atoms with Crippen molar-refractivity contribution in [2.45, 2.75) is 56.8 Å². The molecule has 2 fully saturated rings. The van der Waals surface area contributed by atoms with Gasteiger partial charge in [0, 0.05) is 6.04 Å². The van der Waals surface area contributed by atoms with Crippen LogP contribution in [0.25, 0.3) is 0 Å². The number of benzene rings is 1. The zero-order valence-corrected chi connectivity index (χ0v) is 12.2. The van der Waals surface area contributed by atoms with Crippen LogP contribution in [0.1, 0.15) is 32.3 Å². The molecule has 0 amide bonds. The van der Waals surface area contributed by atoms with E-state index in [0.717, 1.165) is 18.4 Å². The molecule has 0 aromatic heterocycles. The normalized spacial score (nSPS) is 35.1. The molecule has 1 aliphatic heterocycles. The molecule has 1 heterocycles. The van der Waals surface area contributed by atoms with Gasteiger partial charge in [0.2, 0.25) is 0 Å². The van der Waals surface area contributed by atoms with Gasteiger partial charge in [0.05, 0.1) is 19.3 Å². The van der Waals surface area contributed by atoms with Crippen molar-refractivity contribution >= 4 is 0 Å². The summed E-state index contributed by atoms with van der Waals surface area (Å²) in [6.07, 6.45) is 1.91. The Balaban J connectivity index is 1.65. The maximum atomic E-state index is 6.27. The first-order valence-electron chi connectivity index (χ1n) is 7.27. The zero-order chi connectivity index (χ0) is 14.2. The van der Waals surface area contributed by atoms with Gasteiger partial charge < -0.3 is 19.9 Å². The predicted molar refractivity (Wildman–Crippen MR) is 76.1 cm³/mol. The van der Waals surface area contributed by atoms with Crippen LogP contribution in [-0.2, 0) is 20.8 Å². The molecule has 1 aliphatic carbocycles. The number of nitrogens with two attached hydrogens (primary N) is 1. The van der Waals surface area contributed by atoms with Crippen molar-refractivity contribution in [2.75, 3.05) is 6.61 Å². The van der Waals surface area contributed by atoms with Gasteiger partial charge in [0.15, 0.2) is 5.79 Å². The molecule has 0 bridgehead atoms. The lowest BCUT2D eigenvalue weighted by Crippen LogP contribution is -2.53. The maximum Gasteiger partial charge on any atom is 0.164 e. The van der Waals surface area contributed by atoms with Gasteiger partial charge in [0.1, 0.15) is 5.60 Å². The first-order valence-corrected chi connectivity index (χ1v) is 7.27. The third-order valence-corrected chi connectivity index (χ3v) is 4.21. The number of fused-ring (bicyclic) bond motifs is 1. The lowest BCUT2D eigenvalue weighted by Gasteiger charge is -2.32. The molecule has 110 valence electrons. The Hall–Kier alpha value is -0.940. The number of hydrogen-bond donors (Lipinski definition) is 1. The average Bonchev–Trinajstić information content (AvgIpc) is 2.83. The van der Waals surface area contributed by atoms with E-state index in [4.69, 9.17) is 19.9 Å². The van der Waals surface area contributed by atoms with E-state index in [1.165, 1.54) is 0 Å². The fourth-order valence-electron chi connectivity index (χ4n) is 3.31. The van der Waals surface area contributed by atoms with Crippen molar-refractivity contribution in [1.29, 1.82) is 0 Å². The third-order valence-electron chi connectivity index (χ3n) is 4.21. The summed E-state index contributed by atoms with van der Waals surface area (Å²) in [5.74, 6) is -0.571. The monoisotopic (exact) mass is 277 g/mol. The van der Waals surface area contributed by atoms with E-state index in [2.05, 4.69) is 12.1 Å². The molecule has 1 saturated carbocycles. The van der Waals surface area contributed by atoms with Gasteiger partial charge in [-0.15, -0.1) is 0 Å². The maximum absolute atomic E-state index is 6.27. The second-order valence-corrected chi connectivity index (χ2v) is 6.23. The fourth-order valence-corrected chi connectivity index (χ4v) is 3.31. The summed E-state index contributed by atoms with van der Waals surface area (Å²) < 4.78 is 18.0. The smallest absolute Gasteiger partial charge is 0.164 e. The van der Waals surface area contributed by atoms with Crippen molar-refractivity contribution in [3.63, 3.8) is 0 Å². The Bertz CT molecular complexity index is 462. The second kappa shape index (κ2) is 5.11. The van der Waals surface area contributed by atoms with E-state index in [1.807, 2.05) is 32.0 Å². The van der Waals surface area contributed by atoms with Gasteiger partial charge in [-0.2, -0.15) is 0 Å². The Morgan fingerprint density at radius 1 is 1.25 bits per heavy atom. The standard InChI is InChI=1S/C16H23NO3/c1-15(2)19-14-9-8-13(17)16(14,20-15)11-18-10-12-6-4-3-5-7-12/h3-7,13-14H,8-11,17H2,1-2H3/t13-,14-,16+/m0/s1. The van der Waals surface area contributed by atoms with Crippen LogP contribution < -0.4 is 5.73 Å². The molecule has 20 heavy (non-hydrogen) atoms. The van der Waals surface area contributed by atoms with E-state index >= 15 is 0 Å². The Labute approximate surface area is 120 Å². The highest BCUT2D eigenvalue weighted by molar-refractivity contribution is 5.14. The molecule has 0 spiro atoms. The highest BCUT2D eigenvalue weighted by atomic mass is 16.8. The lowest BCUT2D eigenvalue weighted by atomic mass is 9.97. The first-order chi connectivity index (χ1) is 9.52. The third kappa shape index (κ3) is 2.49. The van der Waals surface area contributed by atoms with Gasteiger partial charge in [-0.25, -0.2) is 0 Å². The van der Waals surface area contributed by atoms with Crippen LogP contribution in [0.2, 0.25) is 0 Å². The Morgan fingerprint density at radius 3 is 2.75 bits per heavy atom. The highest BCUT2D eigenvalue weighted by Gasteiger charge is 2.60. The largest absolute Gasteiger partial charge is 0.374 e. The van der Waals surface area contributed by atoms with Crippen molar-refractivity contribution < 1.29 is 14.2 Å². The molecule has 3 rings (SSSR count). The van der Waals surface area contributed by atoms with Gasteiger partial charge >= 0.3 is 0 Å². The van der Waals surface area contributed by atoms with Crippen LogP contribution in [0, 0.1) is 0 Å². The minimum atomic E-state index is -0.571. The van der Waals surface area contributed by atoms with Crippen molar-refractivity contribution in [3.8, 4) is 0 Å². The average molecular weight is 277 g/mol. The molecular formula is C16H23NO3. The van der Waals surface area contributed by atoms with E-state index < -0.39 is 11.4 Å². The Kier molecular flexibility index (Phi) is 3.58.